The number of aryl methyl sites for hydroxylation is 2. The molecule has 4 aromatic rings. The molecular formula is C28H32N4O6. The van der Waals surface area contributed by atoms with Crippen molar-refractivity contribution in [1.29, 1.82) is 0 Å². The average molecular weight is 521 g/mol. The van der Waals surface area contributed by atoms with E-state index in [4.69, 9.17) is 30.4 Å². The van der Waals surface area contributed by atoms with Gasteiger partial charge in [-0.1, -0.05) is 24.3 Å². The molecule has 2 heterocycles. The van der Waals surface area contributed by atoms with E-state index in [1.807, 2.05) is 71.8 Å². The number of hydrogen-bond acceptors (Lipinski definition) is 8. The average Bonchev–Trinajstić information content (AvgIpc) is 3.42. The predicted molar refractivity (Wildman–Crippen MR) is 144 cm³/mol. The highest BCUT2D eigenvalue weighted by Crippen LogP contribution is 2.32. The fourth-order valence-electron chi connectivity index (χ4n) is 4.56. The molecule has 200 valence electrons. The van der Waals surface area contributed by atoms with Crippen LogP contribution in [0, 0.1) is 13.8 Å². The molecule has 0 amide bonds. The van der Waals surface area contributed by atoms with Crippen LogP contribution < -0.4 is 20.9 Å². The number of aromatic nitrogens is 2. The normalized spacial score (nSPS) is 13.1. The minimum atomic E-state index is -0.952. The number of ether oxygens (including phenoxy) is 4. The Bertz CT molecular complexity index is 1390. The summed E-state index contributed by atoms with van der Waals surface area (Å²) in [5.74, 6) is -0.146. The van der Waals surface area contributed by atoms with Crippen molar-refractivity contribution in [1.82, 2.24) is 9.13 Å². The zero-order valence-corrected chi connectivity index (χ0v) is 21.8. The van der Waals surface area contributed by atoms with Crippen LogP contribution in [0.2, 0.25) is 0 Å². The van der Waals surface area contributed by atoms with E-state index in [1.165, 1.54) is 0 Å². The van der Waals surface area contributed by atoms with Gasteiger partial charge in [-0.15, -0.1) is 0 Å². The first-order valence-electron chi connectivity index (χ1n) is 12.1. The minimum Gasteiger partial charge on any atom is -0.495 e. The molecule has 0 fully saturated rings. The Hall–Kier alpha value is -4.28. The van der Waals surface area contributed by atoms with Crippen LogP contribution in [0.3, 0.4) is 0 Å². The summed E-state index contributed by atoms with van der Waals surface area (Å²) in [4.78, 5) is 24.5. The van der Waals surface area contributed by atoms with Crippen molar-refractivity contribution in [2.24, 2.45) is 11.5 Å². The molecule has 0 saturated heterocycles. The molecule has 38 heavy (non-hydrogen) atoms. The van der Waals surface area contributed by atoms with Crippen LogP contribution in [0.4, 0.5) is 0 Å². The van der Waals surface area contributed by atoms with E-state index in [0.717, 1.165) is 45.1 Å². The lowest BCUT2D eigenvalue weighted by molar-refractivity contribution is -0.146. The van der Waals surface area contributed by atoms with Gasteiger partial charge in [0.1, 0.15) is 11.5 Å². The summed E-state index contributed by atoms with van der Waals surface area (Å²) < 4.78 is 25.1. The lowest BCUT2D eigenvalue weighted by Gasteiger charge is -2.14. The monoisotopic (exact) mass is 520 g/mol. The molecule has 2 atom stereocenters. The van der Waals surface area contributed by atoms with Crippen molar-refractivity contribution in [3.63, 3.8) is 0 Å². The summed E-state index contributed by atoms with van der Waals surface area (Å²) >= 11 is 0. The highest BCUT2D eigenvalue weighted by molar-refractivity contribution is 5.92. The number of carbonyl (C=O) groups is 2. The van der Waals surface area contributed by atoms with Crippen LogP contribution in [0.5, 0.6) is 11.5 Å². The molecule has 4 rings (SSSR count). The van der Waals surface area contributed by atoms with E-state index in [9.17, 15) is 9.59 Å². The number of nitrogens with zero attached hydrogens (tertiary/aromatic N) is 2. The maximum atomic E-state index is 12.2. The van der Waals surface area contributed by atoms with Gasteiger partial charge in [0.05, 0.1) is 38.3 Å². The second-order valence-corrected chi connectivity index (χ2v) is 8.92. The second kappa shape index (κ2) is 11.4. The third-order valence-corrected chi connectivity index (χ3v) is 6.24. The predicted octanol–water partition coefficient (Wildman–Crippen LogP) is 3.14. The third kappa shape index (κ3) is 5.66. The van der Waals surface area contributed by atoms with E-state index in [2.05, 4.69) is 0 Å². The Labute approximate surface area is 220 Å². The number of methoxy groups -OCH3 is 2. The van der Waals surface area contributed by atoms with Crippen LogP contribution in [0.25, 0.3) is 21.8 Å². The molecule has 0 saturated carbocycles. The zero-order chi connectivity index (χ0) is 27.4. The molecule has 4 N–H and O–H groups in total. The number of nitrogens with two attached hydrogens (primary N) is 2. The Kier molecular flexibility index (Phi) is 8.04. The topological polar surface area (TPSA) is 133 Å². The van der Waals surface area contributed by atoms with Crippen molar-refractivity contribution >= 4 is 33.7 Å². The molecule has 0 spiro atoms. The van der Waals surface area contributed by atoms with E-state index in [1.54, 1.807) is 14.2 Å². The van der Waals surface area contributed by atoms with Crippen LogP contribution >= 0.6 is 0 Å². The molecule has 0 aliphatic heterocycles. The highest BCUT2D eigenvalue weighted by Gasteiger charge is 2.17. The maximum absolute atomic E-state index is 12.2. The summed E-state index contributed by atoms with van der Waals surface area (Å²) in [7, 11) is 3.19. The van der Waals surface area contributed by atoms with E-state index in [-0.39, 0.29) is 13.1 Å². The number of esters is 2. The molecule has 10 nitrogen and oxygen atoms in total. The highest BCUT2D eigenvalue weighted by atomic mass is 16.6. The Morgan fingerprint density at radius 1 is 0.763 bits per heavy atom. The van der Waals surface area contributed by atoms with Gasteiger partial charge in [-0.2, -0.15) is 0 Å². The number of fused-ring (bicyclic) bond motifs is 2. The van der Waals surface area contributed by atoms with Gasteiger partial charge < -0.3 is 28.1 Å². The molecule has 10 heteroatoms. The van der Waals surface area contributed by atoms with Crippen LogP contribution in [-0.4, -0.2) is 47.7 Å². The number of carbonyl (C=O) groups excluding carboxylic acids is 2. The van der Waals surface area contributed by atoms with Crippen LogP contribution in [-0.2, 0) is 32.2 Å². The lowest BCUT2D eigenvalue weighted by Crippen LogP contribution is -2.32. The van der Waals surface area contributed by atoms with E-state index >= 15 is 0 Å². The van der Waals surface area contributed by atoms with Crippen molar-refractivity contribution in [2.75, 3.05) is 14.2 Å². The molecule has 2 aromatic heterocycles. The molecule has 0 aliphatic rings. The summed E-state index contributed by atoms with van der Waals surface area (Å²) in [5, 5.41) is 1.93. The fraction of sp³-hybridized carbons (Fsp3) is 0.286. The second-order valence-electron chi connectivity index (χ2n) is 8.92. The van der Waals surface area contributed by atoms with Gasteiger partial charge in [0.15, 0.2) is 12.5 Å². The molecule has 2 aromatic carbocycles. The first kappa shape index (κ1) is 26.8. The van der Waals surface area contributed by atoms with E-state index < -0.39 is 24.4 Å². The smallest absolute Gasteiger partial charge is 0.332 e. The zero-order valence-electron chi connectivity index (χ0n) is 21.8. The van der Waals surface area contributed by atoms with Gasteiger partial charge >= 0.3 is 11.9 Å². The molecule has 0 radical (unpaired) electrons. The maximum Gasteiger partial charge on any atom is 0.332 e. The van der Waals surface area contributed by atoms with Crippen molar-refractivity contribution in [3.8, 4) is 11.5 Å². The first-order valence-corrected chi connectivity index (χ1v) is 12.1. The summed E-state index contributed by atoms with van der Waals surface area (Å²) in [5.41, 5.74) is 16.0. The molecule has 0 bridgehead atoms. The number of rotatable bonds is 10. The van der Waals surface area contributed by atoms with Gasteiger partial charge in [0, 0.05) is 35.3 Å². The quantitative estimate of drug-likeness (QED) is 0.185. The molecule has 0 aliphatic carbocycles. The molecular weight excluding hydrogens is 488 g/mol. The Morgan fingerprint density at radius 3 is 1.53 bits per heavy atom. The number of hydrogen-bond donors (Lipinski definition) is 2. The standard InChI is InChI=1S/C28H32N4O6/c1-17-7-5-9-19-27(17)21(35-3)13-31(19)15-23(29)37-25(33)11-12-26(34)38-24(30)16-32-14-22(36-4)28-18(2)8-6-10-20(28)32/h5-14,23-24H,15-16,29-30H2,1-4H3/b12-11+. The third-order valence-electron chi connectivity index (χ3n) is 6.24. The summed E-state index contributed by atoms with van der Waals surface area (Å²) in [6.45, 7) is 4.38. The van der Waals surface area contributed by atoms with Crippen LogP contribution in [0.15, 0.2) is 60.9 Å². The molecule has 2 unspecified atom stereocenters. The van der Waals surface area contributed by atoms with Crippen molar-refractivity contribution < 1.29 is 28.5 Å². The van der Waals surface area contributed by atoms with Gasteiger partial charge in [0.25, 0.3) is 0 Å². The van der Waals surface area contributed by atoms with Crippen molar-refractivity contribution in [3.05, 3.63) is 72.1 Å². The largest absolute Gasteiger partial charge is 0.495 e. The SMILES string of the molecule is COc1cn(CC(N)OC(=O)/C=C/C(=O)OC(N)Cn2cc(OC)c3c(C)cccc32)c2cccc(C)c12. The summed E-state index contributed by atoms with van der Waals surface area (Å²) in [6, 6.07) is 11.7. The summed E-state index contributed by atoms with van der Waals surface area (Å²) in [6.07, 6.45) is 3.64. The van der Waals surface area contributed by atoms with Gasteiger partial charge in [-0.25, -0.2) is 9.59 Å². The van der Waals surface area contributed by atoms with Gasteiger partial charge in [0.2, 0.25) is 0 Å². The first-order chi connectivity index (χ1) is 18.2. The van der Waals surface area contributed by atoms with Gasteiger partial charge in [-0.05, 0) is 37.1 Å². The van der Waals surface area contributed by atoms with Crippen molar-refractivity contribution in [2.45, 2.75) is 39.4 Å². The van der Waals surface area contributed by atoms with Crippen LogP contribution in [0.1, 0.15) is 11.1 Å². The Balaban J connectivity index is 1.32. The van der Waals surface area contributed by atoms with E-state index in [0.29, 0.717) is 11.5 Å². The minimum absolute atomic E-state index is 0.200. The lowest BCUT2D eigenvalue weighted by atomic mass is 10.1. The Morgan fingerprint density at radius 2 is 1.16 bits per heavy atom. The van der Waals surface area contributed by atoms with Gasteiger partial charge in [-0.3, -0.25) is 11.5 Å². The fourth-order valence-corrected chi connectivity index (χ4v) is 4.56. The number of benzene rings is 2.